The van der Waals surface area contributed by atoms with Crippen LogP contribution >= 0.6 is 11.6 Å². The van der Waals surface area contributed by atoms with Crippen LogP contribution in [0.25, 0.3) is 0 Å². The predicted molar refractivity (Wildman–Crippen MR) is 228 cm³/mol. The van der Waals surface area contributed by atoms with Crippen molar-refractivity contribution in [3.05, 3.63) is 190 Å². The first-order valence-corrected chi connectivity index (χ1v) is 19.0. The average molecular weight is 905 g/mol. The summed E-state index contributed by atoms with van der Waals surface area (Å²) < 4.78 is 88.5. The molecule has 4 amide bonds. The van der Waals surface area contributed by atoms with E-state index in [1.807, 2.05) is 0 Å². The number of nitrogens with one attached hydrogen (secondary N) is 2. The fraction of sp³-hybridized carbons (Fsp3) is 0.149. The first kappa shape index (κ1) is 47.7. The van der Waals surface area contributed by atoms with E-state index in [1.54, 1.807) is 26.2 Å². The summed E-state index contributed by atoms with van der Waals surface area (Å²) in [5.41, 5.74) is -1.53. The van der Waals surface area contributed by atoms with Crippen molar-refractivity contribution in [2.75, 3.05) is 38.8 Å². The smallest absolute Gasteiger partial charge is 0.414 e. The summed E-state index contributed by atoms with van der Waals surface area (Å²) in [6, 6.07) is 27.0. The van der Waals surface area contributed by atoms with Crippen molar-refractivity contribution in [1.29, 1.82) is 0 Å². The quantitative estimate of drug-likeness (QED) is 0.0898. The Kier molecular flexibility index (Phi) is 14.1. The Hall–Kier alpha value is -7.33. The number of aromatic hydroxyl groups is 1. The molecule has 2 heterocycles. The lowest BCUT2D eigenvalue weighted by Crippen LogP contribution is -2.37. The number of carbonyl (C=O) groups excluding carboxylic acids is 4. The van der Waals surface area contributed by atoms with Crippen molar-refractivity contribution in [1.82, 2.24) is 9.80 Å². The van der Waals surface area contributed by atoms with Gasteiger partial charge in [0, 0.05) is 39.3 Å². The molecule has 0 saturated carbocycles. The molecule has 0 spiro atoms. The van der Waals surface area contributed by atoms with Gasteiger partial charge in [0.1, 0.15) is 34.0 Å². The zero-order chi connectivity index (χ0) is 46.0. The van der Waals surface area contributed by atoms with Crippen molar-refractivity contribution in [2.24, 2.45) is 0 Å². The molecule has 8 rings (SSSR count). The number of amides is 4. The summed E-state index contributed by atoms with van der Waals surface area (Å²) in [7, 11) is 6.26. The summed E-state index contributed by atoms with van der Waals surface area (Å²) in [5.74, 6) is -6.47. The van der Waals surface area contributed by atoms with Crippen LogP contribution in [0.2, 0.25) is 0 Å². The fourth-order valence-corrected chi connectivity index (χ4v) is 7.19. The molecule has 0 aromatic heterocycles. The molecule has 0 fully saturated rings. The van der Waals surface area contributed by atoms with E-state index in [4.69, 9.17) is 16.3 Å². The average Bonchev–Trinajstić information content (AvgIpc) is 3.73. The second-order valence-corrected chi connectivity index (χ2v) is 14.8. The van der Waals surface area contributed by atoms with E-state index in [0.29, 0.717) is 22.3 Å². The number of phenols is 1. The highest BCUT2D eigenvalue weighted by molar-refractivity contribution is 6.62. The third-order valence-electron chi connectivity index (χ3n) is 10.2. The highest BCUT2D eigenvalue weighted by Crippen LogP contribution is 2.50. The van der Waals surface area contributed by atoms with Crippen LogP contribution in [-0.2, 0) is 20.4 Å². The van der Waals surface area contributed by atoms with Gasteiger partial charge in [-0.1, -0.05) is 68.1 Å². The molecule has 10 nitrogen and oxygen atoms in total. The topological polar surface area (TPSA) is 128 Å². The largest absolute Gasteiger partial charge is 0.508 e. The molecule has 332 valence electrons. The van der Waals surface area contributed by atoms with Gasteiger partial charge < -0.3 is 30.3 Å². The highest BCUT2D eigenvalue weighted by atomic mass is 35.5. The van der Waals surface area contributed by atoms with E-state index in [0.717, 1.165) is 12.1 Å². The number of fused-ring (bicyclic) bond motifs is 2. The molecule has 2 aliphatic rings. The summed E-state index contributed by atoms with van der Waals surface area (Å²) in [4.78, 5) is 50.5. The Bertz CT molecular complexity index is 2680. The lowest BCUT2D eigenvalue weighted by Gasteiger charge is -2.29. The van der Waals surface area contributed by atoms with E-state index >= 15 is 0 Å². The van der Waals surface area contributed by atoms with Gasteiger partial charge in [-0.15, -0.1) is 0 Å². The van der Waals surface area contributed by atoms with Gasteiger partial charge in [-0.25, -0.2) is 31.1 Å². The summed E-state index contributed by atoms with van der Waals surface area (Å²) in [5, 5.41) is 14.0. The van der Waals surface area contributed by atoms with Gasteiger partial charge in [0.05, 0.1) is 11.4 Å². The number of hydrogen-bond donors (Lipinski definition) is 3. The maximum absolute atomic E-state index is 14.5. The monoisotopic (exact) mass is 904 g/mol. The van der Waals surface area contributed by atoms with Crippen LogP contribution in [0, 0.1) is 34.9 Å². The second kappa shape index (κ2) is 19.0. The maximum Gasteiger partial charge on any atom is 0.414 e. The molecule has 17 heteroatoms. The van der Waals surface area contributed by atoms with Crippen LogP contribution in [-0.4, -0.2) is 66.4 Å². The van der Waals surface area contributed by atoms with E-state index < -0.39 is 69.0 Å². The van der Waals surface area contributed by atoms with Crippen molar-refractivity contribution in [2.45, 2.75) is 18.3 Å². The van der Waals surface area contributed by atoms with Gasteiger partial charge in [-0.2, -0.15) is 0 Å². The molecule has 0 aliphatic carbocycles. The third-order valence-corrected chi connectivity index (χ3v) is 10.6. The van der Waals surface area contributed by atoms with E-state index in [1.165, 1.54) is 121 Å². The third kappa shape index (κ3) is 8.68. The van der Waals surface area contributed by atoms with E-state index in [-0.39, 0.29) is 41.4 Å². The molecular formula is C47H39ClF6N4O6. The SMILES string of the molecule is C.CN(C)C(=O)Cl.CN(C)C(=O)Oc1ccc(C2(c3ccc(F)cc3)C(=O)Nc3c2ccc(F)c3F)cc1.O=C1Nc2c(ccc(F)c2F)C1(c1ccc(O)cc1)c1ccc(F)cc1. The molecule has 6 aromatic carbocycles. The number of phenolic OH excluding ortho intramolecular Hbond substituents is 1. The normalized spacial score (nSPS) is 16.5. The minimum atomic E-state index is -1.55. The van der Waals surface area contributed by atoms with E-state index in [9.17, 15) is 50.6 Å². The predicted octanol–water partition coefficient (Wildman–Crippen LogP) is 10.1. The van der Waals surface area contributed by atoms with E-state index in [2.05, 4.69) is 10.6 Å². The molecule has 0 bridgehead atoms. The zero-order valence-electron chi connectivity index (χ0n) is 33.6. The Morgan fingerprint density at radius 2 is 0.875 bits per heavy atom. The Morgan fingerprint density at radius 3 is 1.20 bits per heavy atom. The number of halogens is 7. The second-order valence-electron chi connectivity index (χ2n) is 14.5. The van der Waals surface area contributed by atoms with Gasteiger partial charge in [0.15, 0.2) is 23.3 Å². The van der Waals surface area contributed by atoms with Crippen LogP contribution in [0.3, 0.4) is 0 Å². The number of benzene rings is 6. The number of carbonyl (C=O) groups is 4. The minimum absolute atomic E-state index is 0. The maximum atomic E-state index is 14.5. The number of hydrogen-bond acceptors (Lipinski definition) is 6. The molecule has 2 aliphatic heterocycles. The van der Waals surface area contributed by atoms with Crippen LogP contribution in [0.5, 0.6) is 11.5 Å². The number of nitrogens with zero attached hydrogens (tertiary/aromatic N) is 2. The lowest BCUT2D eigenvalue weighted by molar-refractivity contribution is -0.119. The van der Waals surface area contributed by atoms with Crippen molar-refractivity contribution >= 4 is 46.2 Å². The lowest BCUT2D eigenvalue weighted by atomic mass is 9.70. The summed E-state index contributed by atoms with van der Waals surface area (Å²) in [6.07, 6.45) is -0.581. The summed E-state index contributed by atoms with van der Waals surface area (Å²) in [6.45, 7) is 0. The Morgan fingerprint density at radius 1 is 0.547 bits per heavy atom. The van der Waals surface area contributed by atoms with Crippen LogP contribution in [0.1, 0.15) is 40.8 Å². The van der Waals surface area contributed by atoms with Gasteiger partial charge in [0.2, 0.25) is 11.8 Å². The number of ether oxygens (including phenoxy) is 1. The molecule has 2 unspecified atom stereocenters. The molecule has 6 aromatic rings. The van der Waals surface area contributed by atoms with Gasteiger partial charge in [-0.3, -0.25) is 14.4 Å². The highest BCUT2D eigenvalue weighted by Gasteiger charge is 2.52. The van der Waals surface area contributed by atoms with Gasteiger partial charge in [0.25, 0.3) is 0 Å². The molecule has 0 radical (unpaired) electrons. The molecular weight excluding hydrogens is 866 g/mol. The molecule has 3 N–H and O–H groups in total. The summed E-state index contributed by atoms with van der Waals surface area (Å²) >= 11 is 4.90. The van der Waals surface area contributed by atoms with Gasteiger partial charge >= 0.3 is 11.5 Å². The number of anilines is 2. The van der Waals surface area contributed by atoms with Crippen molar-refractivity contribution < 1.29 is 55.4 Å². The molecule has 0 saturated heterocycles. The zero-order valence-corrected chi connectivity index (χ0v) is 34.3. The Labute approximate surface area is 368 Å². The first-order chi connectivity index (χ1) is 29.8. The minimum Gasteiger partial charge on any atom is -0.508 e. The van der Waals surface area contributed by atoms with Gasteiger partial charge in [-0.05, 0) is 94.5 Å². The molecule has 2 atom stereocenters. The standard InChI is InChI=1S/C23H17F3N2O3.C20H12F3NO2.C3H6ClNO.CH4/c1-28(2)22(30)31-16-9-5-14(6-10-16)23(13-3-7-15(24)8-4-13)17-11-12-18(25)19(26)20(17)27-21(23)29;21-13-5-1-11(2-6-13)20(12-3-7-14(25)8-4-12)15-9-10-16(22)17(23)18(15)24-19(20)26;1-5(2)3(4)6;/h3-12H,1-2H3,(H,27,29);1-10,25H,(H,24,26);1-2H3;1H4. The van der Waals surface area contributed by atoms with Crippen molar-refractivity contribution in [3.63, 3.8) is 0 Å². The first-order valence-electron chi connectivity index (χ1n) is 18.6. The van der Waals surface area contributed by atoms with Crippen LogP contribution in [0.4, 0.5) is 47.3 Å². The fourth-order valence-electron chi connectivity index (χ4n) is 7.19. The van der Waals surface area contributed by atoms with Crippen LogP contribution < -0.4 is 15.4 Å². The van der Waals surface area contributed by atoms with Crippen LogP contribution in [0.15, 0.2) is 121 Å². The Balaban J connectivity index is 0.000000213. The number of rotatable bonds is 5. The molecule has 64 heavy (non-hydrogen) atoms. The van der Waals surface area contributed by atoms with Crippen molar-refractivity contribution in [3.8, 4) is 11.5 Å².